The molecule has 170 valence electrons. The Morgan fingerprint density at radius 1 is 1.10 bits per heavy atom. The third kappa shape index (κ3) is 3.76. The summed E-state index contributed by atoms with van der Waals surface area (Å²) >= 11 is 0. The summed E-state index contributed by atoms with van der Waals surface area (Å²) in [4.78, 5) is 36.2. The van der Waals surface area contributed by atoms with Crippen molar-refractivity contribution >= 4 is 17.5 Å². The topological polar surface area (TPSA) is 91.7 Å². The van der Waals surface area contributed by atoms with Crippen molar-refractivity contribution in [1.29, 1.82) is 0 Å². The van der Waals surface area contributed by atoms with Gasteiger partial charge < -0.3 is 10.2 Å². The number of hydrogen-bond donors (Lipinski definition) is 2. The summed E-state index contributed by atoms with van der Waals surface area (Å²) in [6.07, 6.45) is 6.34. The molecule has 4 saturated carbocycles. The number of Topliss-reactive ketones (excluding diaryl/α,β-unsaturated/α-hetero) is 2. The van der Waals surface area contributed by atoms with E-state index in [2.05, 4.69) is 13.8 Å². The predicted octanol–water partition coefficient (Wildman–Crippen LogP) is 4.65. The molecule has 0 aromatic rings. The Labute approximate surface area is 181 Å². The van der Waals surface area contributed by atoms with Crippen molar-refractivity contribution in [2.75, 3.05) is 0 Å². The summed E-state index contributed by atoms with van der Waals surface area (Å²) in [6, 6.07) is 0. The molecule has 8 atom stereocenters. The lowest BCUT2D eigenvalue weighted by Crippen LogP contribution is -2.61. The van der Waals surface area contributed by atoms with E-state index in [0.29, 0.717) is 43.9 Å². The van der Waals surface area contributed by atoms with Gasteiger partial charge in [0.15, 0.2) is 0 Å². The lowest BCUT2D eigenvalue weighted by atomic mass is 9.43. The first-order chi connectivity index (χ1) is 14.2. The molecule has 4 aliphatic carbocycles. The number of rotatable bonds is 4. The molecule has 0 heterocycles. The molecule has 5 heteroatoms. The molecule has 0 aromatic carbocycles. The molecule has 4 fully saturated rings. The number of carboxylic acid groups (broad SMARTS) is 1. The summed E-state index contributed by atoms with van der Waals surface area (Å²) in [5, 5.41) is 20.3. The molecular formula is C25H40O5. The number of aliphatic carboxylic acids is 1. The van der Waals surface area contributed by atoms with E-state index < -0.39 is 12.1 Å². The van der Waals surface area contributed by atoms with Gasteiger partial charge in [-0.25, -0.2) is 0 Å². The molecule has 0 spiro atoms. The van der Waals surface area contributed by atoms with E-state index >= 15 is 0 Å². The molecule has 4 aliphatic rings. The van der Waals surface area contributed by atoms with E-state index in [1.807, 2.05) is 13.8 Å². The molecule has 2 N–H and O–H groups in total. The van der Waals surface area contributed by atoms with E-state index in [1.54, 1.807) is 0 Å². The SMILES string of the molecule is CC.CC12CC(O)C3C(C(=O)CC4CC(=O)CCC43C)C1CCC2CCCC(=O)O. The number of fused-ring (bicyclic) bond motifs is 5. The second-order valence-electron chi connectivity index (χ2n) is 10.6. The van der Waals surface area contributed by atoms with Gasteiger partial charge >= 0.3 is 5.97 Å². The molecule has 8 unspecified atom stereocenters. The van der Waals surface area contributed by atoms with Crippen LogP contribution in [0.4, 0.5) is 0 Å². The molecule has 5 nitrogen and oxygen atoms in total. The molecular weight excluding hydrogens is 380 g/mol. The van der Waals surface area contributed by atoms with Crippen molar-refractivity contribution in [2.24, 2.45) is 40.4 Å². The van der Waals surface area contributed by atoms with Gasteiger partial charge in [-0.2, -0.15) is 0 Å². The first-order valence-electron chi connectivity index (χ1n) is 12.1. The Kier molecular flexibility index (Phi) is 6.81. The minimum Gasteiger partial charge on any atom is -0.481 e. The van der Waals surface area contributed by atoms with Gasteiger partial charge in [0.25, 0.3) is 0 Å². The van der Waals surface area contributed by atoms with Crippen LogP contribution in [0.2, 0.25) is 0 Å². The second kappa shape index (κ2) is 8.72. The normalized spacial score (nSPS) is 45.0. The van der Waals surface area contributed by atoms with Gasteiger partial charge in [-0.05, 0) is 67.1 Å². The summed E-state index contributed by atoms with van der Waals surface area (Å²) in [6.45, 7) is 8.46. The van der Waals surface area contributed by atoms with Crippen molar-refractivity contribution in [3.63, 3.8) is 0 Å². The minimum atomic E-state index is -0.753. The highest BCUT2D eigenvalue weighted by Gasteiger charge is 2.65. The Morgan fingerprint density at radius 2 is 1.80 bits per heavy atom. The van der Waals surface area contributed by atoms with E-state index in [-0.39, 0.29) is 46.6 Å². The van der Waals surface area contributed by atoms with Crippen LogP contribution in [0.3, 0.4) is 0 Å². The van der Waals surface area contributed by atoms with Crippen LogP contribution in [0.15, 0.2) is 0 Å². The first kappa shape index (κ1) is 23.4. The molecule has 0 radical (unpaired) electrons. The van der Waals surface area contributed by atoms with Crippen LogP contribution in [0, 0.1) is 40.4 Å². The molecule has 30 heavy (non-hydrogen) atoms. The Balaban J connectivity index is 0.00000124. The average Bonchev–Trinajstić information content (AvgIpc) is 3.00. The summed E-state index contributed by atoms with van der Waals surface area (Å²) in [7, 11) is 0. The number of ketones is 2. The van der Waals surface area contributed by atoms with Gasteiger partial charge in [0.05, 0.1) is 6.10 Å². The third-order valence-corrected chi connectivity index (χ3v) is 9.36. The molecule has 0 amide bonds. The number of carboxylic acids is 1. The fourth-order valence-electron chi connectivity index (χ4n) is 7.91. The number of aliphatic hydroxyl groups is 1. The van der Waals surface area contributed by atoms with E-state index in [0.717, 1.165) is 25.7 Å². The van der Waals surface area contributed by atoms with Gasteiger partial charge in [-0.3, -0.25) is 14.4 Å². The lowest BCUT2D eigenvalue weighted by Gasteiger charge is -2.61. The van der Waals surface area contributed by atoms with Gasteiger partial charge in [-0.1, -0.05) is 27.7 Å². The zero-order valence-electron chi connectivity index (χ0n) is 19.2. The maximum Gasteiger partial charge on any atom is 0.303 e. The molecule has 4 rings (SSSR count). The van der Waals surface area contributed by atoms with Gasteiger partial charge in [0.1, 0.15) is 11.6 Å². The van der Waals surface area contributed by atoms with Crippen LogP contribution in [-0.2, 0) is 14.4 Å². The van der Waals surface area contributed by atoms with E-state index in [9.17, 15) is 19.5 Å². The van der Waals surface area contributed by atoms with Crippen molar-refractivity contribution in [3.8, 4) is 0 Å². The number of hydrogen-bond acceptors (Lipinski definition) is 4. The first-order valence-corrected chi connectivity index (χ1v) is 12.1. The summed E-state index contributed by atoms with van der Waals surface area (Å²) in [5.41, 5.74) is -0.197. The maximum absolute atomic E-state index is 13.3. The van der Waals surface area contributed by atoms with Crippen LogP contribution in [0.5, 0.6) is 0 Å². The number of aliphatic hydroxyl groups excluding tert-OH is 1. The van der Waals surface area contributed by atoms with Crippen LogP contribution in [0.1, 0.15) is 91.9 Å². The molecule has 0 aliphatic heterocycles. The molecule has 0 bridgehead atoms. The summed E-state index contributed by atoms with van der Waals surface area (Å²) < 4.78 is 0. The van der Waals surface area contributed by atoms with E-state index in [4.69, 9.17) is 5.11 Å². The number of carbonyl (C=O) groups is 3. The Bertz CT molecular complexity index is 687. The van der Waals surface area contributed by atoms with Crippen molar-refractivity contribution < 1.29 is 24.6 Å². The minimum absolute atomic E-state index is 0.0253. The van der Waals surface area contributed by atoms with Gasteiger partial charge in [-0.15, -0.1) is 0 Å². The van der Waals surface area contributed by atoms with Gasteiger partial charge in [0, 0.05) is 37.5 Å². The van der Waals surface area contributed by atoms with Crippen LogP contribution in [-0.4, -0.2) is 33.9 Å². The smallest absolute Gasteiger partial charge is 0.303 e. The highest BCUT2D eigenvalue weighted by atomic mass is 16.4. The quantitative estimate of drug-likeness (QED) is 0.691. The van der Waals surface area contributed by atoms with Gasteiger partial charge in [0.2, 0.25) is 0 Å². The average molecular weight is 421 g/mol. The third-order valence-electron chi connectivity index (χ3n) is 9.36. The lowest BCUT2D eigenvalue weighted by molar-refractivity contribution is -0.180. The predicted molar refractivity (Wildman–Crippen MR) is 115 cm³/mol. The monoisotopic (exact) mass is 420 g/mol. The van der Waals surface area contributed by atoms with Crippen LogP contribution < -0.4 is 0 Å². The van der Waals surface area contributed by atoms with Crippen molar-refractivity contribution in [1.82, 2.24) is 0 Å². The van der Waals surface area contributed by atoms with Crippen LogP contribution >= 0.6 is 0 Å². The fourth-order valence-corrected chi connectivity index (χ4v) is 7.91. The summed E-state index contributed by atoms with van der Waals surface area (Å²) in [5.74, 6) is 0.435. The Hall–Kier alpha value is -1.23. The molecule has 0 saturated heterocycles. The number of carbonyl (C=O) groups excluding carboxylic acids is 2. The Morgan fingerprint density at radius 3 is 2.47 bits per heavy atom. The largest absolute Gasteiger partial charge is 0.481 e. The van der Waals surface area contributed by atoms with Crippen molar-refractivity contribution in [3.05, 3.63) is 0 Å². The standard InChI is InChI=1S/C23H34O5.C2H6/c1-22-9-8-15(24)10-14(22)11-17(25)20-16-7-6-13(4-3-5-19(27)28)23(16,2)12-18(26)21(20)22;1-2/h13-14,16,18,20-21,26H,3-12H2,1-2H3,(H,27,28);1-2H3. The van der Waals surface area contributed by atoms with Crippen LogP contribution in [0.25, 0.3) is 0 Å². The highest BCUT2D eigenvalue weighted by Crippen LogP contribution is 2.66. The zero-order chi connectivity index (χ0) is 22.3. The second-order valence-corrected chi connectivity index (χ2v) is 10.6. The van der Waals surface area contributed by atoms with E-state index in [1.165, 1.54) is 0 Å². The molecule has 0 aromatic heterocycles. The maximum atomic E-state index is 13.3. The zero-order valence-corrected chi connectivity index (χ0v) is 19.2. The fraction of sp³-hybridized carbons (Fsp3) is 0.880. The van der Waals surface area contributed by atoms with Crippen molar-refractivity contribution in [2.45, 2.75) is 98.0 Å². The highest BCUT2D eigenvalue weighted by molar-refractivity contribution is 5.86.